The lowest BCUT2D eigenvalue weighted by Gasteiger charge is -2.39. The van der Waals surface area contributed by atoms with Gasteiger partial charge in [-0.1, -0.05) is 243 Å². The smallest absolute Gasteiger partial charge is 0.306 e. The molecule has 1 aliphatic heterocycles. The third-order valence-corrected chi connectivity index (χ3v) is 13.3. The molecule has 0 spiro atoms. The Bertz CT molecular complexity index is 1130. The Balaban J connectivity index is 2.15. The SMILES string of the molecule is CCCCCCC/C=C\C/C=C\C/C=C\CCCCCCCCCCCCCOCC(COC1OC(CO)C(O)C(O)C1O)OC(=O)CCCCCCCCCCCCCCCCCCCC. The fourth-order valence-electron chi connectivity index (χ4n) is 8.85. The maximum absolute atomic E-state index is 12.9. The van der Waals surface area contributed by atoms with E-state index in [-0.39, 0.29) is 19.2 Å². The minimum atomic E-state index is -1.54. The lowest BCUT2D eigenvalue weighted by molar-refractivity contribution is -0.305. The maximum atomic E-state index is 12.9. The fraction of sp³-hybridized carbons (Fsp3) is 0.879. The third-order valence-electron chi connectivity index (χ3n) is 13.3. The van der Waals surface area contributed by atoms with Crippen LogP contribution in [0.5, 0.6) is 0 Å². The van der Waals surface area contributed by atoms with Crippen LogP contribution in [0.2, 0.25) is 0 Å². The number of hydrogen-bond donors (Lipinski definition) is 4. The van der Waals surface area contributed by atoms with Crippen LogP contribution in [0.15, 0.2) is 36.5 Å². The highest BCUT2D eigenvalue weighted by atomic mass is 16.7. The van der Waals surface area contributed by atoms with Crippen LogP contribution in [0.1, 0.15) is 264 Å². The van der Waals surface area contributed by atoms with Crippen molar-refractivity contribution in [1.82, 2.24) is 0 Å². The van der Waals surface area contributed by atoms with Gasteiger partial charge in [0.1, 0.15) is 30.5 Å². The number of rotatable bonds is 50. The topological polar surface area (TPSA) is 135 Å². The molecule has 6 unspecified atom stereocenters. The average Bonchev–Trinajstić information content (AvgIpc) is 3.33. The van der Waals surface area contributed by atoms with E-state index in [1.54, 1.807) is 0 Å². The molecule has 1 saturated heterocycles. The van der Waals surface area contributed by atoms with Crippen molar-refractivity contribution in [1.29, 1.82) is 0 Å². The van der Waals surface area contributed by atoms with Crippen molar-refractivity contribution in [3.05, 3.63) is 36.5 Å². The van der Waals surface area contributed by atoms with Crippen LogP contribution in [0.3, 0.4) is 0 Å². The molecule has 4 N–H and O–H groups in total. The summed E-state index contributed by atoms with van der Waals surface area (Å²) in [4.78, 5) is 12.9. The number of unbranched alkanes of at least 4 members (excludes halogenated alkanes) is 33. The molecule has 394 valence electrons. The largest absolute Gasteiger partial charge is 0.457 e. The minimum Gasteiger partial charge on any atom is -0.457 e. The van der Waals surface area contributed by atoms with Crippen LogP contribution >= 0.6 is 0 Å². The molecule has 1 aliphatic rings. The Morgan fingerprint density at radius 3 is 1.30 bits per heavy atom. The predicted octanol–water partition coefficient (Wildman–Crippen LogP) is 14.7. The zero-order valence-corrected chi connectivity index (χ0v) is 43.7. The van der Waals surface area contributed by atoms with Gasteiger partial charge in [0, 0.05) is 13.0 Å². The van der Waals surface area contributed by atoms with E-state index in [0.717, 1.165) is 44.9 Å². The summed E-state index contributed by atoms with van der Waals surface area (Å²) in [6.07, 6.45) is 54.7. The van der Waals surface area contributed by atoms with E-state index < -0.39 is 43.4 Å². The van der Waals surface area contributed by atoms with Crippen molar-refractivity contribution < 1.29 is 44.2 Å². The van der Waals surface area contributed by atoms with Gasteiger partial charge in [-0.2, -0.15) is 0 Å². The second-order valence-electron chi connectivity index (χ2n) is 19.7. The maximum Gasteiger partial charge on any atom is 0.306 e. The van der Waals surface area contributed by atoms with Crippen molar-refractivity contribution in [2.24, 2.45) is 0 Å². The van der Waals surface area contributed by atoms with Gasteiger partial charge in [-0.3, -0.25) is 4.79 Å². The van der Waals surface area contributed by atoms with Gasteiger partial charge < -0.3 is 39.4 Å². The summed E-state index contributed by atoms with van der Waals surface area (Å²) < 4.78 is 23.0. The molecule has 67 heavy (non-hydrogen) atoms. The fourth-order valence-corrected chi connectivity index (χ4v) is 8.85. The van der Waals surface area contributed by atoms with E-state index in [0.29, 0.717) is 13.0 Å². The van der Waals surface area contributed by atoms with Crippen molar-refractivity contribution in [3.8, 4) is 0 Å². The Hall–Kier alpha value is -1.59. The highest BCUT2D eigenvalue weighted by molar-refractivity contribution is 5.69. The second kappa shape index (κ2) is 49.4. The molecule has 0 aromatic rings. The predicted molar refractivity (Wildman–Crippen MR) is 279 cm³/mol. The molecule has 0 saturated carbocycles. The van der Waals surface area contributed by atoms with Crippen molar-refractivity contribution in [2.75, 3.05) is 26.4 Å². The van der Waals surface area contributed by atoms with Crippen LogP contribution in [0.25, 0.3) is 0 Å². The molecule has 9 heteroatoms. The van der Waals surface area contributed by atoms with E-state index in [9.17, 15) is 25.2 Å². The molecular weight excluding hydrogens is 841 g/mol. The summed E-state index contributed by atoms with van der Waals surface area (Å²) >= 11 is 0. The summed E-state index contributed by atoms with van der Waals surface area (Å²) in [5, 5.41) is 40.3. The number of esters is 1. The van der Waals surface area contributed by atoms with E-state index in [2.05, 4.69) is 50.3 Å². The molecule has 6 atom stereocenters. The Labute approximate surface area is 412 Å². The molecular formula is C58H108O9. The van der Waals surface area contributed by atoms with Crippen molar-refractivity contribution >= 4 is 5.97 Å². The number of carbonyl (C=O) groups is 1. The van der Waals surface area contributed by atoms with Gasteiger partial charge in [-0.15, -0.1) is 0 Å². The average molecular weight is 949 g/mol. The molecule has 0 aromatic heterocycles. The summed E-state index contributed by atoms with van der Waals surface area (Å²) in [5.74, 6) is -0.309. The summed E-state index contributed by atoms with van der Waals surface area (Å²) in [5.41, 5.74) is 0. The first-order valence-corrected chi connectivity index (χ1v) is 28.6. The van der Waals surface area contributed by atoms with Gasteiger partial charge in [0.2, 0.25) is 0 Å². The first-order chi connectivity index (χ1) is 32.9. The number of ether oxygens (including phenoxy) is 4. The molecule has 0 aliphatic carbocycles. The molecule has 1 fully saturated rings. The van der Waals surface area contributed by atoms with Crippen LogP contribution in [-0.4, -0.2) is 89.6 Å². The number of aliphatic hydroxyl groups is 4. The van der Waals surface area contributed by atoms with E-state index in [1.165, 1.54) is 199 Å². The first kappa shape index (κ1) is 63.4. The molecule has 0 aromatic carbocycles. The molecule has 0 radical (unpaired) electrons. The van der Waals surface area contributed by atoms with Gasteiger partial charge in [0.05, 0.1) is 19.8 Å². The third kappa shape index (κ3) is 39.8. The molecule has 1 heterocycles. The van der Waals surface area contributed by atoms with Crippen LogP contribution in [0.4, 0.5) is 0 Å². The van der Waals surface area contributed by atoms with Crippen LogP contribution < -0.4 is 0 Å². The van der Waals surface area contributed by atoms with Crippen molar-refractivity contribution in [3.63, 3.8) is 0 Å². The second-order valence-corrected chi connectivity index (χ2v) is 19.7. The monoisotopic (exact) mass is 949 g/mol. The van der Waals surface area contributed by atoms with E-state index in [1.807, 2.05) is 0 Å². The standard InChI is InChI=1S/C58H108O9/c1-3-5-7-9-11-13-15-17-19-21-23-24-25-26-27-28-29-30-32-34-36-38-40-42-44-46-48-64-50-52(51-65-58-57(63)56(62)55(61)53(49-59)67-58)66-54(60)47-45-43-41-39-37-35-33-31-22-20-18-16-14-12-10-8-6-4-2/h15,17,21,23,25-26,52-53,55-59,61-63H,3-14,16,18-20,22,24,27-51H2,1-2H3/b17-15-,23-21-,26-25-. The summed E-state index contributed by atoms with van der Waals surface area (Å²) in [6, 6.07) is 0. The van der Waals surface area contributed by atoms with E-state index in [4.69, 9.17) is 18.9 Å². The summed E-state index contributed by atoms with van der Waals surface area (Å²) in [6.45, 7) is 4.59. The van der Waals surface area contributed by atoms with Crippen LogP contribution in [-0.2, 0) is 23.7 Å². The Morgan fingerprint density at radius 1 is 0.478 bits per heavy atom. The lowest BCUT2D eigenvalue weighted by atomic mass is 9.99. The van der Waals surface area contributed by atoms with Gasteiger partial charge in [-0.25, -0.2) is 0 Å². The zero-order chi connectivity index (χ0) is 48.5. The quantitative estimate of drug-likeness (QED) is 0.0267. The highest BCUT2D eigenvalue weighted by Gasteiger charge is 2.44. The molecule has 0 bridgehead atoms. The van der Waals surface area contributed by atoms with Crippen molar-refractivity contribution in [2.45, 2.75) is 301 Å². The van der Waals surface area contributed by atoms with E-state index >= 15 is 0 Å². The lowest BCUT2D eigenvalue weighted by Crippen LogP contribution is -2.59. The van der Waals surface area contributed by atoms with Gasteiger partial charge >= 0.3 is 5.97 Å². The number of carbonyl (C=O) groups excluding carboxylic acids is 1. The number of aliphatic hydroxyl groups excluding tert-OH is 4. The zero-order valence-electron chi connectivity index (χ0n) is 43.7. The van der Waals surface area contributed by atoms with Gasteiger partial charge in [0.15, 0.2) is 6.29 Å². The van der Waals surface area contributed by atoms with Gasteiger partial charge in [0.25, 0.3) is 0 Å². The highest BCUT2D eigenvalue weighted by Crippen LogP contribution is 2.23. The Kier molecular flexibility index (Phi) is 46.8. The number of hydrogen-bond acceptors (Lipinski definition) is 9. The molecule has 9 nitrogen and oxygen atoms in total. The number of allylic oxidation sites excluding steroid dienone is 6. The minimum absolute atomic E-state index is 0.111. The molecule has 1 rings (SSSR count). The summed E-state index contributed by atoms with van der Waals surface area (Å²) in [7, 11) is 0. The van der Waals surface area contributed by atoms with Crippen LogP contribution in [0, 0.1) is 0 Å². The molecule has 0 amide bonds. The Morgan fingerprint density at radius 2 is 0.866 bits per heavy atom. The first-order valence-electron chi connectivity index (χ1n) is 28.6. The van der Waals surface area contributed by atoms with Gasteiger partial charge in [-0.05, 0) is 51.4 Å². The normalized spacial score (nSPS) is 19.4.